The minimum Gasteiger partial charge on any atom is -0.496 e. The van der Waals surface area contributed by atoms with Gasteiger partial charge in [0.25, 0.3) is 0 Å². The van der Waals surface area contributed by atoms with Crippen LogP contribution in [-0.4, -0.2) is 7.11 Å². The number of anilines is 1. The number of rotatable bonds is 5. The lowest BCUT2D eigenvalue weighted by atomic mass is 10.0. The van der Waals surface area contributed by atoms with E-state index in [4.69, 9.17) is 10.00 Å². The van der Waals surface area contributed by atoms with E-state index < -0.39 is 0 Å². The zero-order valence-electron chi connectivity index (χ0n) is 12.7. The molecule has 0 unspecified atom stereocenters. The van der Waals surface area contributed by atoms with Crippen LogP contribution < -0.4 is 10.1 Å². The van der Waals surface area contributed by atoms with Crippen LogP contribution in [0, 0.1) is 11.3 Å². The first-order valence-electron chi connectivity index (χ1n) is 7.05. The van der Waals surface area contributed by atoms with Crippen LogP contribution in [0.15, 0.2) is 42.5 Å². The Kier molecular flexibility index (Phi) is 4.84. The van der Waals surface area contributed by atoms with Crippen LogP contribution in [0.3, 0.4) is 0 Å². The molecule has 0 saturated heterocycles. The van der Waals surface area contributed by atoms with E-state index in [2.05, 4.69) is 43.4 Å². The summed E-state index contributed by atoms with van der Waals surface area (Å²) in [7, 11) is 1.64. The number of hydrogen-bond donors (Lipinski definition) is 1. The smallest absolute Gasteiger partial charge is 0.123 e. The maximum Gasteiger partial charge on any atom is 0.123 e. The first kappa shape index (κ1) is 14.9. The average molecular weight is 280 g/mol. The fourth-order valence-electron chi connectivity index (χ4n) is 2.19. The van der Waals surface area contributed by atoms with Gasteiger partial charge < -0.3 is 10.1 Å². The predicted octanol–water partition coefficient (Wildman–Crippen LogP) is 4.30. The van der Waals surface area contributed by atoms with Crippen molar-refractivity contribution in [3.8, 4) is 11.8 Å². The lowest BCUT2D eigenvalue weighted by Gasteiger charge is -2.13. The molecule has 0 fully saturated rings. The summed E-state index contributed by atoms with van der Waals surface area (Å²) < 4.78 is 5.35. The Morgan fingerprint density at radius 1 is 1.19 bits per heavy atom. The number of benzene rings is 2. The van der Waals surface area contributed by atoms with Gasteiger partial charge in [0.2, 0.25) is 0 Å². The Labute approximate surface area is 126 Å². The Hall–Kier alpha value is -2.47. The van der Waals surface area contributed by atoms with Crippen molar-refractivity contribution < 1.29 is 4.74 Å². The zero-order valence-corrected chi connectivity index (χ0v) is 12.7. The van der Waals surface area contributed by atoms with Gasteiger partial charge in [-0.2, -0.15) is 5.26 Å². The summed E-state index contributed by atoms with van der Waals surface area (Å²) in [5.74, 6) is 1.30. The molecule has 0 saturated carbocycles. The molecular weight excluding hydrogens is 260 g/mol. The summed E-state index contributed by atoms with van der Waals surface area (Å²) in [6.07, 6.45) is 0. The highest BCUT2D eigenvalue weighted by Gasteiger charge is 2.05. The highest BCUT2D eigenvalue weighted by atomic mass is 16.5. The Balaban J connectivity index is 2.16. The average Bonchev–Trinajstić information content (AvgIpc) is 2.52. The van der Waals surface area contributed by atoms with E-state index in [0.29, 0.717) is 18.0 Å². The SMILES string of the molecule is COc1ccc(C#N)cc1CNc1cccc(C(C)C)c1. The molecule has 0 amide bonds. The standard InChI is InChI=1S/C18H20N2O/c1-13(2)15-5-4-6-17(10-15)20-12-16-9-14(11-19)7-8-18(16)21-3/h4-10,13,20H,12H2,1-3H3. The van der Waals surface area contributed by atoms with E-state index >= 15 is 0 Å². The second-order valence-corrected chi connectivity index (χ2v) is 5.27. The fourth-order valence-corrected chi connectivity index (χ4v) is 2.19. The van der Waals surface area contributed by atoms with Crippen LogP contribution in [0.1, 0.15) is 36.5 Å². The van der Waals surface area contributed by atoms with Crippen LogP contribution in [0.2, 0.25) is 0 Å². The highest BCUT2D eigenvalue weighted by molar-refractivity contribution is 5.49. The summed E-state index contributed by atoms with van der Waals surface area (Å²) in [5, 5.41) is 12.4. The maximum absolute atomic E-state index is 9.00. The molecule has 0 bridgehead atoms. The number of methoxy groups -OCH3 is 1. The van der Waals surface area contributed by atoms with Gasteiger partial charge in [-0.25, -0.2) is 0 Å². The molecule has 108 valence electrons. The van der Waals surface area contributed by atoms with Crippen molar-refractivity contribution >= 4 is 5.69 Å². The van der Waals surface area contributed by atoms with Crippen molar-refractivity contribution in [2.75, 3.05) is 12.4 Å². The van der Waals surface area contributed by atoms with Gasteiger partial charge in [0.1, 0.15) is 5.75 Å². The van der Waals surface area contributed by atoms with Gasteiger partial charge in [0.05, 0.1) is 18.7 Å². The molecule has 0 heterocycles. The Morgan fingerprint density at radius 2 is 2.00 bits per heavy atom. The molecule has 0 aliphatic rings. The third kappa shape index (κ3) is 3.76. The number of hydrogen-bond acceptors (Lipinski definition) is 3. The van der Waals surface area contributed by atoms with Crippen molar-refractivity contribution in [1.82, 2.24) is 0 Å². The second-order valence-electron chi connectivity index (χ2n) is 5.27. The van der Waals surface area contributed by atoms with E-state index in [1.54, 1.807) is 13.2 Å². The van der Waals surface area contributed by atoms with Crippen molar-refractivity contribution in [2.45, 2.75) is 26.3 Å². The van der Waals surface area contributed by atoms with Crippen LogP contribution in [0.5, 0.6) is 5.75 Å². The largest absolute Gasteiger partial charge is 0.496 e. The summed E-state index contributed by atoms with van der Waals surface area (Å²) in [4.78, 5) is 0. The van der Waals surface area contributed by atoms with Gasteiger partial charge in [0.15, 0.2) is 0 Å². The third-order valence-corrected chi connectivity index (χ3v) is 3.45. The minimum atomic E-state index is 0.503. The normalized spacial score (nSPS) is 10.2. The molecule has 0 aliphatic heterocycles. The van der Waals surface area contributed by atoms with Crippen LogP contribution >= 0.6 is 0 Å². The van der Waals surface area contributed by atoms with Gasteiger partial charge >= 0.3 is 0 Å². The van der Waals surface area contributed by atoms with Crippen molar-refractivity contribution in [1.29, 1.82) is 5.26 Å². The van der Waals surface area contributed by atoms with E-state index in [-0.39, 0.29) is 0 Å². The molecule has 3 nitrogen and oxygen atoms in total. The zero-order chi connectivity index (χ0) is 15.2. The fraction of sp³-hybridized carbons (Fsp3) is 0.278. The molecule has 2 aromatic carbocycles. The van der Waals surface area contributed by atoms with Crippen LogP contribution in [0.25, 0.3) is 0 Å². The van der Waals surface area contributed by atoms with Crippen molar-refractivity contribution in [2.24, 2.45) is 0 Å². The summed E-state index contributed by atoms with van der Waals surface area (Å²) in [6, 6.07) is 16.0. The van der Waals surface area contributed by atoms with Gasteiger partial charge in [0, 0.05) is 17.8 Å². The second kappa shape index (κ2) is 6.81. The topological polar surface area (TPSA) is 45.0 Å². The van der Waals surface area contributed by atoms with E-state index in [1.165, 1.54) is 5.56 Å². The molecule has 0 aliphatic carbocycles. The lowest BCUT2D eigenvalue weighted by Crippen LogP contribution is -2.03. The quantitative estimate of drug-likeness (QED) is 0.888. The number of ether oxygens (including phenoxy) is 1. The summed E-state index contributed by atoms with van der Waals surface area (Å²) >= 11 is 0. The first-order valence-corrected chi connectivity index (χ1v) is 7.05. The number of nitrogens with zero attached hydrogens (tertiary/aromatic N) is 1. The molecule has 3 heteroatoms. The Bertz CT molecular complexity index is 657. The van der Waals surface area contributed by atoms with Gasteiger partial charge in [-0.15, -0.1) is 0 Å². The predicted molar refractivity (Wildman–Crippen MR) is 85.6 cm³/mol. The lowest BCUT2D eigenvalue weighted by molar-refractivity contribution is 0.410. The van der Waals surface area contributed by atoms with Gasteiger partial charge in [-0.3, -0.25) is 0 Å². The molecule has 0 radical (unpaired) electrons. The van der Waals surface area contributed by atoms with Crippen LogP contribution in [0.4, 0.5) is 5.69 Å². The monoisotopic (exact) mass is 280 g/mol. The van der Waals surface area contributed by atoms with Crippen molar-refractivity contribution in [3.63, 3.8) is 0 Å². The van der Waals surface area contributed by atoms with Crippen molar-refractivity contribution in [3.05, 3.63) is 59.2 Å². The maximum atomic E-state index is 9.00. The summed E-state index contributed by atoms with van der Waals surface area (Å²) in [5.41, 5.74) is 4.00. The molecule has 21 heavy (non-hydrogen) atoms. The first-order chi connectivity index (χ1) is 10.1. The number of nitrogens with one attached hydrogen (secondary N) is 1. The molecule has 0 spiro atoms. The van der Waals surface area contributed by atoms with E-state index in [0.717, 1.165) is 17.0 Å². The Morgan fingerprint density at radius 3 is 2.67 bits per heavy atom. The molecule has 1 N–H and O–H groups in total. The molecule has 2 aromatic rings. The van der Waals surface area contributed by atoms with E-state index in [9.17, 15) is 0 Å². The highest BCUT2D eigenvalue weighted by Crippen LogP contribution is 2.23. The van der Waals surface area contributed by atoms with E-state index in [1.807, 2.05) is 18.2 Å². The number of nitriles is 1. The molecule has 0 aromatic heterocycles. The van der Waals surface area contributed by atoms with Gasteiger partial charge in [-0.05, 0) is 41.8 Å². The minimum absolute atomic E-state index is 0.503. The summed E-state index contributed by atoms with van der Waals surface area (Å²) in [6.45, 7) is 4.98. The molecule has 2 rings (SSSR count). The third-order valence-electron chi connectivity index (χ3n) is 3.45. The molecular formula is C18H20N2O. The van der Waals surface area contributed by atoms with Crippen LogP contribution in [-0.2, 0) is 6.54 Å². The van der Waals surface area contributed by atoms with Gasteiger partial charge in [-0.1, -0.05) is 26.0 Å². The molecule has 0 atom stereocenters.